The van der Waals surface area contributed by atoms with Crippen LogP contribution in [0.3, 0.4) is 0 Å². The van der Waals surface area contributed by atoms with Crippen molar-refractivity contribution in [2.24, 2.45) is 0 Å². The molecule has 6 nitrogen and oxygen atoms in total. The summed E-state index contributed by atoms with van der Waals surface area (Å²) in [4.78, 5) is 44.4. The van der Waals surface area contributed by atoms with Gasteiger partial charge >= 0.3 is 0 Å². The van der Waals surface area contributed by atoms with Gasteiger partial charge < -0.3 is 9.47 Å². The number of aldehydes is 4. The van der Waals surface area contributed by atoms with Crippen molar-refractivity contribution < 1.29 is 28.7 Å². The summed E-state index contributed by atoms with van der Waals surface area (Å²) in [6, 6.07) is 9.54. The average molecular weight is 358 g/mol. The second-order valence-corrected chi connectivity index (χ2v) is 4.90. The number of methoxy groups -OCH3 is 2. The zero-order valence-corrected chi connectivity index (χ0v) is 15.2. The summed E-state index contributed by atoms with van der Waals surface area (Å²) in [7, 11) is 6.50. The quantitative estimate of drug-likeness (QED) is 0.763. The van der Waals surface area contributed by atoms with E-state index < -0.39 is 0 Å². The van der Waals surface area contributed by atoms with Crippen LogP contribution in [0.5, 0.6) is 0 Å². The van der Waals surface area contributed by atoms with Crippen LogP contribution in [0.15, 0.2) is 36.4 Å². The first-order chi connectivity index (χ1) is 12.6. The lowest BCUT2D eigenvalue weighted by Crippen LogP contribution is -1.99. The van der Waals surface area contributed by atoms with Gasteiger partial charge in [0.15, 0.2) is 25.1 Å². The van der Waals surface area contributed by atoms with Crippen LogP contribution in [0.2, 0.25) is 0 Å². The van der Waals surface area contributed by atoms with Gasteiger partial charge in [0, 0.05) is 50.7 Å². The third-order valence-corrected chi connectivity index (χ3v) is 3.06. The Labute approximate surface area is 152 Å². The monoisotopic (exact) mass is 358 g/mol. The molecule has 0 bridgehead atoms. The normalized spacial score (nSPS) is 8.92. The highest BCUT2D eigenvalue weighted by Crippen LogP contribution is 2.28. The molecule has 0 heterocycles. The van der Waals surface area contributed by atoms with Crippen LogP contribution in [0.25, 0.3) is 11.1 Å². The van der Waals surface area contributed by atoms with Gasteiger partial charge in [-0.25, -0.2) is 0 Å². The van der Waals surface area contributed by atoms with Crippen molar-refractivity contribution in [1.82, 2.24) is 0 Å². The number of hydrogen-bond donors (Lipinski definition) is 0. The number of hydrogen-bond acceptors (Lipinski definition) is 6. The average Bonchev–Trinajstić information content (AvgIpc) is 2.67. The summed E-state index contributed by atoms with van der Waals surface area (Å²) >= 11 is 0. The Hall–Kier alpha value is -2.96. The molecule has 0 N–H and O–H groups in total. The highest BCUT2D eigenvalue weighted by atomic mass is 16.5. The Balaban J connectivity index is 0.000000918. The molecule has 0 aliphatic heterocycles. The van der Waals surface area contributed by atoms with E-state index >= 15 is 0 Å². The van der Waals surface area contributed by atoms with Gasteiger partial charge in [0.1, 0.15) is 0 Å². The molecule has 2 rings (SSSR count). The number of rotatable bonds is 5. The fourth-order valence-electron chi connectivity index (χ4n) is 2.10. The predicted octanol–water partition coefficient (Wildman–Crippen LogP) is 3.13. The lowest BCUT2D eigenvalue weighted by Gasteiger charge is -2.10. The molecule has 2 aromatic carbocycles. The van der Waals surface area contributed by atoms with Crippen molar-refractivity contribution in [1.29, 1.82) is 0 Å². The van der Waals surface area contributed by atoms with Crippen LogP contribution in [0.4, 0.5) is 0 Å². The Bertz CT molecular complexity index is 674. The summed E-state index contributed by atoms with van der Waals surface area (Å²) in [6.45, 7) is 0. The highest BCUT2D eigenvalue weighted by Gasteiger charge is 2.14. The maximum Gasteiger partial charge on any atom is 0.151 e. The van der Waals surface area contributed by atoms with E-state index in [2.05, 4.69) is 9.47 Å². The van der Waals surface area contributed by atoms with E-state index in [-0.39, 0.29) is 22.3 Å². The van der Waals surface area contributed by atoms with E-state index in [0.717, 1.165) is 0 Å². The molecule has 6 heteroatoms. The first-order valence-corrected chi connectivity index (χ1v) is 7.47. The highest BCUT2D eigenvalue weighted by molar-refractivity contribution is 6.03. The fourth-order valence-corrected chi connectivity index (χ4v) is 2.10. The molecule has 0 saturated heterocycles. The summed E-state index contributed by atoms with van der Waals surface area (Å²) in [5.74, 6) is 0. The van der Waals surface area contributed by atoms with Crippen molar-refractivity contribution in [2.75, 3.05) is 28.4 Å². The predicted molar refractivity (Wildman–Crippen MR) is 99.3 cm³/mol. The van der Waals surface area contributed by atoms with Gasteiger partial charge in [0.25, 0.3) is 0 Å². The van der Waals surface area contributed by atoms with Gasteiger partial charge in [-0.1, -0.05) is 36.4 Å². The Morgan fingerprint density at radius 3 is 1.12 bits per heavy atom. The Kier molecular flexibility index (Phi) is 11.8. The minimum atomic E-state index is 0.202. The summed E-state index contributed by atoms with van der Waals surface area (Å²) < 4.78 is 8.50. The van der Waals surface area contributed by atoms with Gasteiger partial charge in [0.2, 0.25) is 0 Å². The van der Waals surface area contributed by atoms with Crippen LogP contribution in [-0.2, 0) is 9.47 Å². The largest absolute Gasteiger partial charge is 0.388 e. The number of carbonyl (C=O) groups excluding carboxylic acids is 4. The lowest BCUT2D eigenvalue weighted by molar-refractivity contribution is 0.109. The second-order valence-electron chi connectivity index (χ2n) is 4.90. The molecule has 138 valence electrons. The van der Waals surface area contributed by atoms with E-state index in [9.17, 15) is 19.2 Å². The van der Waals surface area contributed by atoms with Crippen LogP contribution in [0, 0.1) is 0 Å². The molecular weight excluding hydrogens is 336 g/mol. The minimum absolute atomic E-state index is 0.202. The first-order valence-electron chi connectivity index (χ1n) is 7.47. The van der Waals surface area contributed by atoms with Crippen LogP contribution in [0.1, 0.15) is 41.4 Å². The van der Waals surface area contributed by atoms with Crippen molar-refractivity contribution in [3.63, 3.8) is 0 Å². The lowest BCUT2D eigenvalue weighted by atomic mass is 9.91. The molecule has 0 aromatic heterocycles. The van der Waals surface area contributed by atoms with Crippen molar-refractivity contribution in [3.05, 3.63) is 58.7 Å². The molecule has 0 amide bonds. The van der Waals surface area contributed by atoms with Gasteiger partial charge in [0.05, 0.1) is 0 Å². The summed E-state index contributed by atoms with van der Waals surface area (Å²) in [5.41, 5.74) is 1.80. The van der Waals surface area contributed by atoms with E-state index in [1.54, 1.807) is 52.7 Å². The molecule has 0 radical (unpaired) electrons. The van der Waals surface area contributed by atoms with Crippen LogP contribution in [-0.4, -0.2) is 53.6 Å². The Morgan fingerprint density at radius 2 is 0.885 bits per heavy atom. The van der Waals surface area contributed by atoms with Crippen LogP contribution < -0.4 is 0 Å². The molecule has 0 atom stereocenters. The molecule has 0 fully saturated rings. The number of carbonyl (C=O) groups is 4. The molecule has 26 heavy (non-hydrogen) atoms. The van der Waals surface area contributed by atoms with E-state index in [1.807, 2.05) is 0 Å². The zero-order valence-electron chi connectivity index (χ0n) is 15.2. The summed E-state index contributed by atoms with van der Waals surface area (Å²) in [5, 5.41) is 0. The molecular formula is C20H22O6. The van der Waals surface area contributed by atoms with Crippen molar-refractivity contribution in [2.45, 2.75) is 0 Å². The molecule has 0 spiro atoms. The molecule has 0 aliphatic carbocycles. The fraction of sp³-hybridized carbons (Fsp3) is 0.200. The molecule has 0 aliphatic rings. The van der Waals surface area contributed by atoms with Gasteiger partial charge in [-0.2, -0.15) is 0 Å². The number of benzene rings is 2. The standard InChI is InChI=1S/C16H10O4.2C2H6O/c17-7-11-3-1-5-13(15(11)9-19)14-6-2-4-12(8-18)16(14)10-20;2*1-3-2/h1-10H;2*1-2H3. The first kappa shape index (κ1) is 23.0. The third-order valence-electron chi connectivity index (χ3n) is 3.06. The van der Waals surface area contributed by atoms with E-state index in [1.165, 1.54) is 12.1 Å². The summed E-state index contributed by atoms with van der Waals surface area (Å²) in [6.07, 6.45) is 2.30. The number of ether oxygens (including phenoxy) is 2. The van der Waals surface area contributed by atoms with Gasteiger partial charge in [-0.05, 0) is 11.1 Å². The van der Waals surface area contributed by atoms with E-state index in [4.69, 9.17) is 0 Å². The maximum absolute atomic E-state index is 11.2. The maximum atomic E-state index is 11.2. The van der Waals surface area contributed by atoms with Crippen molar-refractivity contribution in [3.8, 4) is 11.1 Å². The zero-order chi connectivity index (χ0) is 19.9. The second kappa shape index (κ2) is 13.3. The SMILES string of the molecule is COC.COC.O=Cc1cccc(-c2cccc(C=O)c2C=O)c1C=O. The molecule has 0 saturated carbocycles. The van der Waals surface area contributed by atoms with Gasteiger partial charge in [-0.15, -0.1) is 0 Å². The third kappa shape index (κ3) is 6.16. The topological polar surface area (TPSA) is 86.7 Å². The molecule has 0 unspecified atom stereocenters. The van der Waals surface area contributed by atoms with Crippen LogP contribution >= 0.6 is 0 Å². The minimum Gasteiger partial charge on any atom is -0.388 e. The smallest absolute Gasteiger partial charge is 0.151 e. The molecule has 2 aromatic rings. The van der Waals surface area contributed by atoms with Gasteiger partial charge in [-0.3, -0.25) is 19.2 Å². The Morgan fingerprint density at radius 1 is 0.577 bits per heavy atom. The van der Waals surface area contributed by atoms with E-state index in [0.29, 0.717) is 36.3 Å². The van der Waals surface area contributed by atoms with Crippen molar-refractivity contribution >= 4 is 25.1 Å².